The second-order valence-corrected chi connectivity index (χ2v) is 4.49. The first-order valence-electron chi connectivity index (χ1n) is 3.35. The van der Waals surface area contributed by atoms with E-state index in [1.807, 2.05) is 0 Å². The predicted octanol–water partition coefficient (Wildman–Crippen LogP) is 1.00. The molecule has 0 atom stereocenters. The molecule has 1 aromatic rings. The van der Waals surface area contributed by atoms with E-state index >= 15 is 0 Å². The minimum atomic E-state index is -3.97. The Morgan fingerprint density at radius 1 is 1.46 bits per heavy atom. The molecule has 0 amide bonds. The maximum absolute atomic E-state index is 11.0. The highest BCUT2D eigenvalue weighted by molar-refractivity contribution is 7.89. The SMILES string of the molecule is Cc1ccc(Cl)c(S(N)(=O)=O)c1O. The zero-order chi connectivity index (χ0) is 10.2. The van der Waals surface area contributed by atoms with E-state index in [4.69, 9.17) is 16.7 Å². The first-order chi connectivity index (χ1) is 5.84. The van der Waals surface area contributed by atoms with Crippen LogP contribution < -0.4 is 5.14 Å². The molecule has 0 aliphatic heterocycles. The highest BCUT2D eigenvalue weighted by atomic mass is 35.5. The average Bonchev–Trinajstić information content (AvgIpc) is 1.95. The zero-order valence-electron chi connectivity index (χ0n) is 6.78. The molecule has 0 unspecified atom stereocenters. The number of sulfonamides is 1. The number of benzene rings is 1. The van der Waals surface area contributed by atoms with Crippen LogP contribution in [0.4, 0.5) is 0 Å². The summed E-state index contributed by atoms with van der Waals surface area (Å²) in [6, 6.07) is 2.88. The van der Waals surface area contributed by atoms with E-state index in [1.165, 1.54) is 12.1 Å². The van der Waals surface area contributed by atoms with E-state index in [0.717, 1.165) is 0 Å². The summed E-state index contributed by atoms with van der Waals surface area (Å²) in [4.78, 5) is -0.422. The molecule has 0 saturated heterocycles. The van der Waals surface area contributed by atoms with Crippen LogP contribution in [0.25, 0.3) is 0 Å². The summed E-state index contributed by atoms with van der Waals surface area (Å²) in [7, 11) is -3.97. The van der Waals surface area contributed by atoms with Crippen molar-refractivity contribution in [3.63, 3.8) is 0 Å². The van der Waals surface area contributed by atoms with Crippen molar-refractivity contribution in [1.82, 2.24) is 0 Å². The minimum Gasteiger partial charge on any atom is -0.506 e. The summed E-state index contributed by atoms with van der Waals surface area (Å²) in [5, 5.41) is 14.1. The summed E-state index contributed by atoms with van der Waals surface area (Å²) in [6.07, 6.45) is 0. The maximum atomic E-state index is 11.0. The predicted molar refractivity (Wildman–Crippen MR) is 49.2 cm³/mol. The Bertz CT molecular complexity index is 441. The molecule has 0 spiro atoms. The highest BCUT2D eigenvalue weighted by Crippen LogP contribution is 2.31. The minimum absolute atomic E-state index is 0.0781. The van der Waals surface area contributed by atoms with Gasteiger partial charge >= 0.3 is 0 Å². The standard InChI is InChI=1S/C7H8ClNO3S/c1-4-2-3-5(8)7(6(4)10)13(9,11)12/h2-3,10H,1H3,(H2,9,11,12). The fraction of sp³-hybridized carbons (Fsp3) is 0.143. The molecule has 0 bridgehead atoms. The number of phenols is 1. The van der Waals surface area contributed by atoms with Crippen molar-refractivity contribution in [3.8, 4) is 5.75 Å². The van der Waals surface area contributed by atoms with Crippen LogP contribution in [0, 0.1) is 6.92 Å². The van der Waals surface area contributed by atoms with E-state index < -0.39 is 20.7 Å². The number of halogens is 1. The molecule has 0 heterocycles. The van der Waals surface area contributed by atoms with Crippen molar-refractivity contribution in [2.75, 3.05) is 0 Å². The van der Waals surface area contributed by atoms with Crippen molar-refractivity contribution >= 4 is 21.6 Å². The van der Waals surface area contributed by atoms with Crippen LogP contribution in [0.3, 0.4) is 0 Å². The molecular weight excluding hydrogens is 214 g/mol. The number of phenolic OH excluding ortho intramolecular Hbond substituents is 1. The van der Waals surface area contributed by atoms with Gasteiger partial charge in [0, 0.05) is 0 Å². The Morgan fingerprint density at radius 3 is 2.38 bits per heavy atom. The van der Waals surface area contributed by atoms with Gasteiger partial charge in [-0.15, -0.1) is 0 Å². The lowest BCUT2D eigenvalue weighted by Gasteiger charge is -2.06. The Labute approximate surface area is 81.0 Å². The van der Waals surface area contributed by atoms with Crippen molar-refractivity contribution in [3.05, 3.63) is 22.7 Å². The van der Waals surface area contributed by atoms with Gasteiger partial charge in [0.15, 0.2) is 0 Å². The molecule has 0 radical (unpaired) electrons. The fourth-order valence-electron chi connectivity index (χ4n) is 0.916. The Morgan fingerprint density at radius 2 is 2.00 bits per heavy atom. The molecular formula is C7H8ClNO3S. The molecule has 1 rings (SSSR count). The fourth-order valence-corrected chi connectivity index (χ4v) is 2.16. The third-order valence-electron chi connectivity index (χ3n) is 1.57. The molecule has 13 heavy (non-hydrogen) atoms. The number of aryl methyl sites for hydroxylation is 1. The molecule has 0 saturated carbocycles. The van der Waals surface area contributed by atoms with Gasteiger partial charge in [-0.3, -0.25) is 0 Å². The van der Waals surface area contributed by atoms with Gasteiger partial charge in [0.1, 0.15) is 10.6 Å². The maximum Gasteiger partial charge on any atom is 0.243 e. The Kier molecular flexibility index (Phi) is 2.51. The van der Waals surface area contributed by atoms with Gasteiger partial charge in [-0.25, -0.2) is 13.6 Å². The van der Waals surface area contributed by atoms with Crippen molar-refractivity contribution in [2.24, 2.45) is 5.14 Å². The van der Waals surface area contributed by atoms with Crippen molar-refractivity contribution in [2.45, 2.75) is 11.8 Å². The quantitative estimate of drug-likeness (QED) is 0.743. The van der Waals surface area contributed by atoms with E-state index in [9.17, 15) is 13.5 Å². The summed E-state index contributed by atoms with van der Waals surface area (Å²) in [5.41, 5.74) is 0.411. The third kappa shape index (κ3) is 1.93. The van der Waals surface area contributed by atoms with Crippen LogP contribution >= 0.6 is 11.6 Å². The molecule has 0 aromatic heterocycles. The molecule has 0 aliphatic rings. The smallest absolute Gasteiger partial charge is 0.243 e. The molecule has 1 aromatic carbocycles. The molecule has 6 heteroatoms. The number of rotatable bonds is 1. The molecule has 3 N–H and O–H groups in total. The van der Waals surface area contributed by atoms with E-state index in [2.05, 4.69) is 0 Å². The Hall–Kier alpha value is -0.780. The van der Waals surface area contributed by atoms with E-state index in [-0.39, 0.29) is 5.02 Å². The zero-order valence-corrected chi connectivity index (χ0v) is 8.35. The van der Waals surface area contributed by atoms with Gasteiger partial charge in [0.25, 0.3) is 0 Å². The van der Waals surface area contributed by atoms with Crippen LogP contribution in [0.5, 0.6) is 5.75 Å². The topological polar surface area (TPSA) is 80.4 Å². The van der Waals surface area contributed by atoms with E-state index in [1.54, 1.807) is 6.92 Å². The first kappa shape index (κ1) is 10.3. The monoisotopic (exact) mass is 221 g/mol. The van der Waals surface area contributed by atoms with Crippen LogP contribution in [0.15, 0.2) is 17.0 Å². The van der Waals surface area contributed by atoms with Crippen molar-refractivity contribution < 1.29 is 13.5 Å². The van der Waals surface area contributed by atoms with Gasteiger partial charge < -0.3 is 5.11 Å². The van der Waals surface area contributed by atoms with Crippen LogP contribution in [0.1, 0.15) is 5.56 Å². The number of hydrogen-bond donors (Lipinski definition) is 2. The number of hydrogen-bond acceptors (Lipinski definition) is 3. The average molecular weight is 222 g/mol. The van der Waals surface area contributed by atoms with Gasteiger partial charge in [0.2, 0.25) is 10.0 Å². The van der Waals surface area contributed by atoms with Gasteiger partial charge in [-0.2, -0.15) is 0 Å². The van der Waals surface area contributed by atoms with Crippen LogP contribution in [-0.4, -0.2) is 13.5 Å². The lowest BCUT2D eigenvalue weighted by molar-refractivity contribution is 0.454. The van der Waals surface area contributed by atoms with Crippen LogP contribution in [-0.2, 0) is 10.0 Å². The highest BCUT2D eigenvalue weighted by Gasteiger charge is 2.19. The van der Waals surface area contributed by atoms with E-state index in [0.29, 0.717) is 5.56 Å². The number of nitrogens with two attached hydrogens (primary N) is 1. The molecule has 4 nitrogen and oxygen atoms in total. The summed E-state index contributed by atoms with van der Waals surface area (Å²) in [5.74, 6) is -0.394. The van der Waals surface area contributed by atoms with Crippen LogP contribution in [0.2, 0.25) is 5.02 Å². The van der Waals surface area contributed by atoms with Gasteiger partial charge in [0.05, 0.1) is 5.02 Å². The van der Waals surface area contributed by atoms with Crippen molar-refractivity contribution in [1.29, 1.82) is 0 Å². The summed E-state index contributed by atoms with van der Waals surface area (Å²) < 4.78 is 21.9. The second kappa shape index (κ2) is 3.17. The first-order valence-corrected chi connectivity index (χ1v) is 5.27. The normalized spacial score (nSPS) is 11.6. The Balaban J connectivity index is 3.62. The lowest BCUT2D eigenvalue weighted by Crippen LogP contribution is -2.13. The summed E-state index contributed by atoms with van der Waals surface area (Å²) >= 11 is 5.57. The third-order valence-corrected chi connectivity index (χ3v) is 2.98. The number of aromatic hydroxyl groups is 1. The molecule has 72 valence electrons. The largest absolute Gasteiger partial charge is 0.506 e. The van der Waals surface area contributed by atoms with Gasteiger partial charge in [-0.05, 0) is 18.6 Å². The summed E-state index contributed by atoms with van der Waals surface area (Å²) in [6.45, 7) is 1.56. The van der Waals surface area contributed by atoms with Gasteiger partial charge in [-0.1, -0.05) is 17.7 Å². The molecule has 0 aliphatic carbocycles. The lowest BCUT2D eigenvalue weighted by atomic mass is 10.2. The second-order valence-electron chi connectivity index (χ2n) is 2.59. The number of primary sulfonamides is 1. The molecule has 0 fully saturated rings.